The van der Waals surface area contributed by atoms with Gasteiger partial charge in [0, 0.05) is 25.0 Å². The highest BCUT2D eigenvalue weighted by Crippen LogP contribution is 2.52. The molecule has 3 nitrogen and oxygen atoms in total. The van der Waals surface area contributed by atoms with Crippen molar-refractivity contribution in [3.8, 4) is 0 Å². The van der Waals surface area contributed by atoms with Crippen LogP contribution >= 0.6 is 0 Å². The molecule has 0 spiro atoms. The summed E-state index contributed by atoms with van der Waals surface area (Å²) in [4.78, 5) is 0. The molecule has 116 valence electrons. The van der Waals surface area contributed by atoms with Gasteiger partial charge in [-0.15, -0.1) is 0 Å². The van der Waals surface area contributed by atoms with Gasteiger partial charge in [-0.1, -0.05) is 33.8 Å². The summed E-state index contributed by atoms with van der Waals surface area (Å²) in [5.74, 6) is 0.729. The van der Waals surface area contributed by atoms with Crippen molar-refractivity contribution >= 4 is 6.72 Å². The molecule has 20 heavy (non-hydrogen) atoms. The summed E-state index contributed by atoms with van der Waals surface area (Å²) < 4.78 is 0. The number of nitrogens with zero attached hydrogens (tertiary/aromatic N) is 2. The molecule has 0 aromatic carbocycles. The Balaban J connectivity index is 2.47. The Labute approximate surface area is 125 Å². The van der Waals surface area contributed by atoms with Crippen molar-refractivity contribution in [1.82, 2.24) is 10.3 Å². The van der Waals surface area contributed by atoms with Gasteiger partial charge in [0.2, 0.25) is 0 Å². The summed E-state index contributed by atoms with van der Waals surface area (Å²) >= 11 is 0. The summed E-state index contributed by atoms with van der Waals surface area (Å²) in [6.45, 7) is 17.0. The minimum Gasteiger partial charge on any atom is -0.315 e. The third kappa shape index (κ3) is 4.93. The smallest absolute Gasteiger partial charge is 0.0470 e. The molecule has 1 aliphatic rings. The monoisotopic (exact) mass is 279 g/mol. The third-order valence-corrected chi connectivity index (χ3v) is 4.58. The highest BCUT2D eigenvalue weighted by Gasteiger charge is 2.46. The van der Waals surface area contributed by atoms with E-state index < -0.39 is 0 Å². The normalized spacial score (nSPS) is 17.6. The molecule has 1 aliphatic carbocycles. The van der Waals surface area contributed by atoms with Gasteiger partial charge in [0.05, 0.1) is 0 Å². The topological polar surface area (TPSA) is 27.6 Å². The van der Waals surface area contributed by atoms with Crippen LogP contribution < -0.4 is 5.32 Å². The van der Waals surface area contributed by atoms with Crippen molar-refractivity contribution in [2.45, 2.75) is 66.3 Å². The van der Waals surface area contributed by atoms with Gasteiger partial charge in [-0.25, -0.2) is 0 Å². The highest BCUT2D eigenvalue weighted by atomic mass is 15.5. The molecule has 0 heterocycles. The molecule has 0 amide bonds. The zero-order valence-electron chi connectivity index (χ0n) is 14.1. The van der Waals surface area contributed by atoms with Crippen LogP contribution in [0.3, 0.4) is 0 Å². The Hall–Kier alpha value is -0.830. The van der Waals surface area contributed by atoms with Gasteiger partial charge in [-0.2, -0.15) is 5.10 Å². The van der Waals surface area contributed by atoms with Gasteiger partial charge in [0.1, 0.15) is 0 Å². The van der Waals surface area contributed by atoms with Crippen LogP contribution in [-0.4, -0.2) is 30.9 Å². The van der Waals surface area contributed by atoms with Gasteiger partial charge in [0.15, 0.2) is 0 Å². The largest absolute Gasteiger partial charge is 0.315 e. The van der Waals surface area contributed by atoms with E-state index >= 15 is 0 Å². The van der Waals surface area contributed by atoms with Gasteiger partial charge < -0.3 is 5.32 Å². The molecule has 0 aromatic rings. The molecule has 3 heteroatoms. The van der Waals surface area contributed by atoms with Crippen molar-refractivity contribution in [2.75, 3.05) is 13.1 Å². The standard InChI is InChI=1S/C17H33N3/c1-7-16(9-8-12-19-15(4)5)20(18-6)13-17(10-11-17)14(2)3/h7,14-15,19H,6,8-13H2,1-5H3/b16-7-. The summed E-state index contributed by atoms with van der Waals surface area (Å²) in [5.41, 5.74) is 1.79. The van der Waals surface area contributed by atoms with Crippen molar-refractivity contribution in [3.63, 3.8) is 0 Å². The van der Waals surface area contributed by atoms with E-state index in [0.717, 1.165) is 31.8 Å². The van der Waals surface area contributed by atoms with Gasteiger partial charge >= 0.3 is 0 Å². The van der Waals surface area contributed by atoms with Crippen LogP contribution in [0.25, 0.3) is 0 Å². The van der Waals surface area contributed by atoms with E-state index in [9.17, 15) is 0 Å². The Morgan fingerprint density at radius 1 is 1.35 bits per heavy atom. The average Bonchev–Trinajstić information content (AvgIpc) is 3.17. The first-order valence-electron chi connectivity index (χ1n) is 8.08. The van der Waals surface area contributed by atoms with Crippen LogP contribution in [0.5, 0.6) is 0 Å². The quantitative estimate of drug-likeness (QED) is 0.371. The first-order chi connectivity index (χ1) is 9.45. The molecule has 0 saturated heterocycles. The van der Waals surface area contributed by atoms with E-state index in [1.165, 1.54) is 18.5 Å². The molecule has 1 fully saturated rings. The molecule has 0 bridgehead atoms. The maximum atomic E-state index is 4.28. The number of hydrazone groups is 1. The van der Waals surface area contributed by atoms with Gasteiger partial charge in [-0.05, 0) is 50.5 Å². The lowest BCUT2D eigenvalue weighted by atomic mass is 9.92. The predicted octanol–water partition coefficient (Wildman–Crippen LogP) is 4.02. The number of hydrogen-bond donors (Lipinski definition) is 1. The second-order valence-corrected chi connectivity index (χ2v) is 6.71. The number of rotatable bonds is 10. The lowest BCUT2D eigenvalue weighted by Gasteiger charge is -2.29. The molecule has 1 N–H and O–H groups in total. The minimum atomic E-state index is 0.478. The fourth-order valence-electron chi connectivity index (χ4n) is 2.70. The fraction of sp³-hybridized carbons (Fsp3) is 0.824. The predicted molar refractivity (Wildman–Crippen MR) is 88.9 cm³/mol. The molecule has 0 radical (unpaired) electrons. The molecule has 0 unspecified atom stereocenters. The molecule has 0 aromatic heterocycles. The minimum absolute atomic E-state index is 0.478. The van der Waals surface area contributed by atoms with Crippen LogP contribution in [0.15, 0.2) is 16.9 Å². The van der Waals surface area contributed by atoms with E-state index in [1.807, 2.05) is 0 Å². The van der Waals surface area contributed by atoms with Gasteiger partial charge in [0.25, 0.3) is 0 Å². The second-order valence-electron chi connectivity index (χ2n) is 6.71. The van der Waals surface area contributed by atoms with Crippen molar-refractivity contribution in [1.29, 1.82) is 0 Å². The Kier molecular flexibility index (Phi) is 6.74. The molecular weight excluding hydrogens is 246 g/mol. The summed E-state index contributed by atoms with van der Waals surface area (Å²) in [6, 6.07) is 0.563. The maximum absolute atomic E-state index is 4.28. The van der Waals surface area contributed by atoms with Crippen LogP contribution in [0.1, 0.15) is 60.3 Å². The number of allylic oxidation sites excluding steroid dienone is 2. The van der Waals surface area contributed by atoms with Gasteiger partial charge in [-0.3, -0.25) is 5.01 Å². The highest BCUT2D eigenvalue weighted by molar-refractivity contribution is 5.24. The fourth-order valence-corrected chi connectivity index (χ4v) is 2.70. The zero-order chi connectivity index (χ0) is 15.2. The summed E-state index contributed by atoms with van der Waals surface area (Å²) in [6.07, 6.45) is 7.09. The Morgan fingerprint density at radius 3 is 2.40 bits per heavy atom. The van der Waals surface area contributed by atoms with Crippen molar-refractivity contribution < 1.29 is 0 Å². The Morgan fingerprint density at radius 2 is 2.00 bits per heavy atom. The van der Waals surface area contributed by atoms with Crippen molar-refractivity contribution in [3.05, 3.63) is 11.8 Å². The van der Waals surface area contributed by atoms with E-state index in [-0.39, 0.29) is 0 Å². The molecule has 1 saturated carbocycles. The Bertz CT molecular complexity index is 327. The molecular formula is C17H33N3. The van der Waals surface area contributed by atoms with E-state index in [0.29, 0.717) is 11.5 Å². The molecule has 1 rings (SSSR count). The van der Waals surface area contributed by atoms with Crippen LogP contribution in [0, 0.1) is 11.3 Å². The van der Waals surface area contributed by atoms with E-state index in [2.05, 4.69) is 62.8 Å². The van der Waals surface area contributed by atoms with Crippen LogP contribution in [-0.2, 0) is 0 Å². The first-order valence-corrected chi connectivity index (χ1v) is 8.08. The molecule has 0 aliphatic heterocycles. The zero-order valence-corrected chi connectivity index (χ0v) is 14.1. The SMILES string of the molecule is C=NN(CC1(C(C)C)CC1)/C(=C\C)CCCNC(C)C. The second kappa shape index (κ2) is 7.82. The van der Waals surface area contributed by atoms with Crippen molar-refractivity contribution in [2.24, 2.45) is 16.4 Å². The van der Waals surface area contributed by atoms with Crippen LogP contribution in [0.2, 0.25) is 0 Å². The maximum Gasteiger partial charge on any atom is 0.0470 e. The van der Waals surface area contributed by atoms with Crippen LogP contribution in [0.4, 0.5) is 0 Å². The molecule has 0 atom stereocenters. The first kappa shape index (κ1) is 17.2. The lowest BCUT2D eigenvalue weighted by molar-refractivity contribution is 0.226. The summed E-state index contributed by atoms with van der Waals surface area (Å²) in [5, 5.41) is 9.89. The van der Waals surface area contributed by atoms with E-state index in [1.54, 1.807) is 0 Å². The number of nitrogens with one attached hydrogen (secondary N) is 1. The van der Waals surface area contributed by atoms with E-state index in [4.69, 9.17) is 0 Å². The third-order valence-electron chi connectivity index (χ3n) is 4.58. The average molecular weight is 279 g/mol. The number of hydrogen-bond acceptors (Lipinski definition) is 3. The summed E-state index contributed by atoms with van der Waals surface area (Å²) in [7, 11) is 0. The lowest BCUT2D eigenvalue weighted by Crippen LogP contribution is -2.29.